The Bertz CT molecular complexity index is 2910. The Hall–Kier alpha value is -5.55. The predicted octanol–water partition coefficient (Wildman–Crippen LogP) is 0.491. The van der Waals surface area contributed by atoms with Gasteiger partial charge in [-0.3, -0.25) is 47.6 Å². The number of nitrogens with two attached hydrogens (primary N) is 1. The van der Waals surface area contributed by atoms with Gasteiger partial charge in [-0.25, -0.2) is 19.2 Å². The van der Waals surface area contributed by atoms with Crippen molar-refractivity contribution >= 4 is 58.5 Å². The first-order valence-electron chi connectivity index (χ1n) is 23.3. The van der Waals surface area contributed by atoms with Crippen LogP contribution in [0.1, 0.15) is 65.4 Å². The average Bonchev–Trinajstić information content (AvgIpc) is 4.01. The van der Waals surface area contributed by atoms with Gasteiger partial charge in [0.25, 0.3) is 16.7 Å². The van der Waals surface area contributed by atoms with Crippen molar-refractivity contribution in [1.29, 1.82) is 0 Å². The van der Waals surface area contributed by atoms with Crippen molar-refractivity contribution in [2.45, 2.75) is 122 Å². The van der Waals surface area contributed by atoms with Gasteiger partial charge in [0, 0.05) is 54.8 Å². The molecule has 16 atom stereocenters. The maximum Gasteiger partial charge on any atom is 0.351 e. The fraction of sp³-hybridized carbons (Fsp3) is 0.511. The summed E-state index contributed by atoms with van der Waals surface area (Å²) in [6.45, 7) is 17.4. The van der Waals surface area contributed by atoms with Crippen LogP contribution in [0.15, 0.2) is 121 Å². The fourth-order valence-corrected chi connectivity index (χ4v) is 10.4. The van der Waals surface area contributed by atoms with E-state index in [0.717, 1.165) is 27.9 Å². The Morgan fingerprint density at radius 3 is 1.17 bits per heavy atom. The standard InChI is InChI=1S/C13H17ClN2O3.C12H15ClN2O4.C11H14ClN3O4.C11H13ClN2O5/c1-4-13(5-2)8(3)10(14)11(19-13)16-7-6-9(17)15-12(16)18;1-3-12(6-16)7(2)9(13)10(19-12)15-5-4-8(17)14-11(15)18;1-2-11(5-16)8(17)7(12)9(19-11)15-4-3-6(13)14-10(15)18;1-2-11(5-15)8(17)7(12)9(19-11)14-4-3-6(16)13-10(14)18/h4,6-8,10-11H,1,5H2,2-3H3,(H,15,17,18);4-7,9-10H,3H2,1-2H3,(H,14,17,18);2-4,7-9,16-17H,1,5H2,(H2,13,14,18);2-4,7-9,15,17H,1,5H2,(H,13,16,18)/t8-,10+,11+,13+;7-,9+,10+,12-;2*7-,8+,9-,11-/m0011/s1. The molecule has 4 aliphatic rings. The minimum Gasteiger partial charge on any atom is -0.393 e. The number of nitrogens with one attached hydrogen (secondary N) is 3. The molecule has 4 saturated heterocycles. The highest BCUT2D eigenvalue weighted by Gasteiger charge is 2.55. The Labute approximate surface area is 451 Å². The van der Waals surface area contributed by atoms with Gasteiger partial charge in [-0.05, 0) is 18.9 Å². The van der Waals surface area contributed by atoms with E-state index in [9.17, 15) is 58.8 Å². The predicted molar refractivity (Wildman–Crippen MR) is 279 cm³/mol. The molecular formula is C47H59Cl4N9O16. The lowest BCUT2D eigenvalue weighted by atomic mass is 9.86. The van der Waals surface area contributed by atoms with Crippen molar-refractivity contribution in [3.8, 4) is 0 Å². The van der Waals surface area contributed by atoms with Gasteiger partial charge in [0.15, 0.2) is 31.2 Å². The monoisotopic (exact) mass is 1150 g/mol. The van der Waals surface area contributed by atoms with E-state index in [4.69, 9.17) is 71.1 Å². The van der Waals surface area contributed by atoms with Gasteiger partial charge in [-0.15, -0.1) is 66.1 Å². The third kappa shape index (κ3) is 11.8. The van der Waals surface area contributed by atoms with E-state index in [1.54, 1.807) is 6.08 Å². The molecule has 0 radical (unpaired) electrons. The van der Waals surface area contributed by atoms with Crippen molar-refractivity contribution in [2.75, 3.05) is 18.9 Å². The topological polar surface area (TPSA) is 360 Å². The first-order chi connectivity index (χ1) is 35.8. The molecule has 0 amide bonds. The van der Waals surface area contributed by atoms with Crippen molar-refractivity contribution in [1.82, 2.24) is 38.2 Å². The summed E-state index contributed by atoms with van der Waals surface area (Å²) in [4.78, 5) is 101. The third-order valence-corrected chi connectivity index (χ3v) is 16.0. The smallest absolute Gasteiger partial charge is 0.351 e. The quantitative estimate of drug-likeness (QED) is 0.0544. The van der Waals surface area contributed by atoms with Crippen molar-refractivity contribution < 1.29 is 44.2 Å². The van der Waals surface area contributed by atoms with E-state index in [-0.39, 0.29) is 23.0 Å². The largest absolute Gasteiger partial charge is 0.393 e. The highest BCUT2D eigenvalue weighted by Crippen LogP contribution is 2.47. The lowest BCUT2D eigenvalue weighted by Crippen LogP contribution is -2.43. The molecule has 0 aliphatic carbocycles. The summed E-state index contributed by atoms with van der Waals surface area (Å²) in [5.41, 5.74) is -2.97. The Kier molecular flexibility index (Phi) is 20.0. The molecule has 9 N–H and O–H groups in total. The molecule has 8 heterocycles. The third-order valence-electron chi connectivity index (χ3n) is 13.9. The molecule has 0 unspecified atom stereocenters. The van der Waals surface area contributed by atoms with Gasteiger partial charge in [-0.1, -0.05) is 45.9 Å². The minimum atomic E-state index is -1.44. The molecule has 29 heteroatoms. The number of H-pyrrole nitrogens is 3. The van der Waals surface area contributed by atoms with Gasteiger partial charge >= 0.3 is 22.8 Å². The van der Waals surface area contributed by atoms with E-state index in [1.807, 2.05) is 27.7 Å². The normalized spacial score (nSPS) is 34.4. The second-order valence-corrected chi connectivity index (χ2v) is 20.0. The number of anilines is 1. The van der Waals surface area contributed by atoms with Gasteiger partial charge in [0.05, 0.1) is 29.6 Å². The molecule has 8 rings (SSSR count). The van der Waals surface area contributed by atoms with Crippen LogP contribution in [0.25, 0.3) is 0 Å². The number of nitrogens with zero attached hydrogens (tertiary/aromatic N) is 5. The number of rotatable bonds is 12. The first-order valence-corrected chi connectivity index (χ1v) is 25.1. The van der Waals surface area contributed by atoms with E-state index < -0.39 is 128 Å². The molecule has 4 aromatic heterocycles. The van der Waals surface area contributed by atoms with Gasteiger partial charge in [0.1, 0.15) is 45.6 Å². The van der Waals surface area contributed by atoms with E-state index in [1.165, 1.54) is 64.3 Å². The number of aromatic nitrogens is 8. The second kappa shape index (κ2) is 24.8. The number of aliphatic hydroxyl groups excluding tert-OH is 4. The average molecular weight is 1150 g/mol. The highest BCUT2D eigenvalue weighted by molar-refractivity contribution is 6.22. The molecule has 4 aliphatic heterocycles. The summed E-state index contributed by atoms with van der Waals surface area (Å²) in [5, 5.41) is 35.9. The van der Waals surface area contributed by atoms with Crippen molar-refractivity contribution in [3.63, 3.8) is 0 Å². The van der Waals surface area contributed by atoms with Crippen LogP contribution in [0.3, 0.4) is 0 Å². The lowest BCUT2D eigenvalue weighted by molar-refractivity contribution is -0.138. The Morgan fingerprint density at radius 1 is 0.579 bits per heavy atom. The van der Waals surface area contributed by atoms with Gasteiger partial charge in [-0.2, -0.15) is 4.98 Å². The van der Waals surface area contributed by atoms with Gasteiger partial charge < -0.3 is 49.9 Å². The van der Waals surface area contributed by atoms with Crippen LogP contribution in [-0.2, 0) is 23.7 Å². The second-order valence-electron chi connectivity index (χ2n) is 17.9. The number of aldehydes is 1. The zero-order chi connectivity index (χ0) is 56.8. The maximum absolute atomic E-state index is 11.8. The van der Waals surface area contributed by atoms with Crippen LogP contribution in [-0.4, -0.2) is 134 Å². The van der Waals surface area contributed by atoms with Gasteiger partial charge in [0.2, 0.25) is 0 Å². The van der Waals surface area contributed by atoms with Crippen LogP contribution >= 0.6 is 46.4 Å². The molecule has 4 fully saturated rings. The Balaban J connectivity index is 0.000000187. The van der Waals surface area contributed by atoms with Crippen LogP contribution in [0.2, 0.25) is 0 Å². The number of ether oxygens (including phenoxy) is 4. The number of hydrogen-bond donors (Lipinski definition) is 8. The molecule has 4 aromatic rings. The molecule has 76 heavy (non-hydrogen) atoms. The molecular weight excluding hydrogens is 1090 g/mol. The summed E-state index contributed by atoms with van der Waals surface area (Å²) in [6, 6.07) is 5.03. The van der Waals surface area contributed by atoms with Crippen LogP contribution < -0.4 is 45.2 Å². The number of hydrogen-bond acceptors (Lipinski definition) is 18. The number of carbonyl (C=O) groups excluding carboxylic acids is 1. The number of aliphatic hydroxyl groups is 4. The molecule has 416 valence electrons. The summed E-state index contributed by atoms with van der Waals surface area (Å²) in [6.07, 6.45) is 5.67. The number of alkyl halides is 4. The first kappa shape index (κ1) is 61.3. The zero-order valence-electron chi connectivity index (χ0n) is 41.3. The molecule has 0 saturated carbocycles. The molecule has 25 nitrogen and oxygen atoms in total. The summed E-state index contributed by atoms with van der Waals surface area (Å²) in [7, 11) is 0. The highest BCUT2D eigenvalue weighted by atomic mass is 35.5. The molecule has 0 spiro atoms. The molecule has 0 aromatic carbocycles. The van der Waals surface area contributed by atoms with Crippen molar-refractivity contribution in [2.24, 2.45) is 11.8 Å². The van der Waals surface area contributed by atoms with Crippen LogP contribution in [0.4, 0.5) is 5.82 Å². The fourth-order valence-electron chi connectivity index (χ4n) is 8.88. The SMILES string of the molecule is C=C[C@]1(CC)O[C@@H](n2ccc(=O)[nH]c2=O)[C@H](Cl)[C@@H]1C.C=C[C@]1(CO)O[C@@H](n2ccc(=O)[nH]c2=O)[C@H](Cl)[C@@H]1O.C=C[C@]1(CO)O[C@@H](n2ccc(N)nc2=O)[C@H](Cl)[C@@H]1O.CC[C@@]1(C=O)O[C@@H](n2ccc(=O)[nH]c2=O)[C@H](Cl)[C@@H]1C. The number of aromatic amines is 3. The summed E-state index contributed by atoms with van der Waals surface area (Å²) >= 11 is 24.8. The van der Waals surface area contributed by atoms with Crippen LogP contribution in [0, 0.1) is 11.8 Å². The summed E-state index contributed by atoms with van der Waals surface area (Å²) in [5.74, 6) is -0.149. The Morgan fingerprint density at radius 2 is 0.895 bits per heavy atom. The minimum absolute atomic E-state index is 0.0143. The van der Waals surface area contributed by atoms with Crippen LogP contribution in [0.5, 0.6) is 0 Å². The van der Waals surface area contributed by atoms with Crippen molar-refractivity contribution in [3.05, 3.63) is 160 Å². The van der Waals surface area contributed by atoms with E-state index in [0.29, 0.717) is 6.42 Å². The van der Waals surface area contributed by atoms with E-state index in [2.05, 4.69) is 39.7 Å². The summed E-state index contributed by atoms with van der Waals surface area (Å²) < 4.78 is 27.3. The number of carbonyl (C=O) groups is 1. The molecule has 0 bridgehead atoms. The lowest BCUT2D eigenvalue weighted by Gasteiger charge is -2.28. The van der Waals surface area contributed by atoms with E-state index >= 15 is 0 Å². The number of halogens is 4. The zero-order valence-corrected chi connectivity index (χ0v) is 44.3. The number of nitrogen functional groups attached to an aromatic ring is 1. The maximum atomic E-state index is 11.8.